The fourth-order valence-corrected chi connectivity index (χ4v) is 2.83. The van der Waals surface area contributed by atoms with Crippen LogP contribution in [0, 0.1) is 5.82 Å². The number of alkyl halides is 2. The van der Waals surface area contributed by atoms with Gasteiger partial charge in [0.15, 0.2) is 23.8 Å². The zero-order chi connectivity index (χ0) is 19.8. The number of hydrogen-bond acceptors (Lipinski definition) is 6. The average molecular weight is 381 g/mol. The van der Waals surface area contributed by atoms with E-state index in [1.807, 2.05) is 6.92 Å². The Morgan fingerprint density at radius 2 is 2.11 bits per heavy atom. The molecular weight excluding hydrogens is 363 g/mol. The number of nitrogens with two attached hydrogens (primary N) is 1. The number of benzene rings is 1. The number of ketones is 1. The molecule has 0 aliphatic carbocycles. The first-order valence-corrected chi connectivity index (χ1v) is 8.28. The molecule has 2 N–H and O–H groups in total. The standard InChI is InChI=1S/C18H18F3N3O3/c1-3-15-23-13(8-26-15)14(25)7-10-4-5-12(19)11(6-10)17(2)18(20,21)9-27-16(22)24-17/h4-6,8H,3,7,9H2,1-2H3,(H2,22,24)/t17-/m1/s1. The van der Waals surface area contributed by atoms with E-state index in [4.69, 9.17) is 10.2 Å². The van der Waals surface area contributed by atoms with Crippen LogP contribution >= 0.6 is 0 Å². The smallest absolute Gasteiger partial charge is 0.310 e. The maximum absolute atomic E-state index is 14.4. The molecule has 2 aromatic rings. The molecule has 0 amide bonds. The molecule has 1 aliphatic heterocycles. The van der Waals surface area contributed by atoms with Gasteiger partial charge in [-0.2, -0.15) is 8.78 Å². The number of carbonyl (C=O) groups is 1. The van der Waals surface area contributed by atoms with Crippen molar-refractivity contribution in [1.29, 1.82) is 0 Å². The molecule has 0 unspecified atom stereocenters. The van der Waals surface area contributed by atoms with Crippen molar-refractivity contribution in [2.45, 2.75) is 38.2 Å². The third-order valence-corrected chi connectivity index (χ3v) is 4.51. The minimum Gasteiger partial charge on any atom is -0.459 e. The number of ether oxygens (including phenoxy) is 1. The third-order valence-electron chi connectivity index (χ3n) is 4.51. The van der Waals surface area contributed by atoms with Crippen molar-refractivity contribution < 1.29 is 27.1 Å². The van der Waals surface area contributed by atoms with Crippen molar-refractivity contribution in [3.8, 4) is 0 Å². The van der Waals surface area contributed by atoms with E-state index in [1.54, 1.807) is 0 Å². The highest BCUT2D eigenvalue weighted by Crippen LogP contribution is 2.44. The summed E-state index contributed by atoms with van der Waals surface area (Å²) in [6.45, 7) is 1.89. The Labute approximate surface area is 153 Å². The normalized spacial score (nSPS) is 21.4. The molecule has 1 aromatic heterocycles. The molecule has 144 valence electrons. The van der Waals surface area contributed by atoms with Crippen molar-refractivity contribution in [3.05, 3.63) is 53.0 Å². The van der Waals surface area contributed by atoms with Crippen molar-refractivity contribution in [2.75, 3.05) is 6.61 Å². The van der Waals surface area contributed by atoms with Crippen LogP contribution in [0.4, 0.5) is 13.2 Å². The van der Waals surface area contributed by atoms with Crippen LogP contribution in [0.3, 0.4) is 0 Å². The number of rotatable bonds is 5. The predicted octanol–water partition coefficient (Wildman–Crippen LogP) is 3.00. The third kappa shape index (κ3) is 3.41. The number of aromatic nitrogens is 1. The second-order valence-corrected chi connectivity index (χ2v) is 6.41. The highest BCUT2D eigenvalue weighted by molar-refractivity contribution is 5.95. The first-order valence-electron chi connectivity index (χ1n) is 8.28. The lowest BCUT2D eigenvalue weighted by Gasteiger charge is -2.37. The molecule has 2 heterocycles. The number of aliphatic imine (C=N–C) groups is 1. The molecule has 0 bridgehead atoms. The van der Waals surface area contributed by atoms with Crippen LogP contribution in [-0.2, 0) is 23.1 Å². The average Bonchev–Trinajstić information content (AvgIpc) is 3.10. The monoisotopic (exact) mass is 381 g/mol. The van der Waals surface area contributed by atoms with E-state index < -0.39 is 29.9 Å². The van der Waals surface area contributed by atoms with Gasteiger partial charge in [-0.25, -0.2) is 14.4 Å². The van der Waals surface area contributed by atoms with Crippen LogP contribution in [0.2, 0.25) is 0 Å². The minimum atomic E-state index is -3.48. The van der Waals surface area contributed by atoms with Crippen molar-refractivity contribution in [2.24, 2.45) is 10.7 Å². The minimum absolute atomic E-state index is 0.127. The van der Waals surface area contributed by atoms with Crippen molar-refractivity contribution in [1.82, 2.24) is 4.98 Å². The Kier molecular flexibility index (Phi) is 4.71. The number of oxazole rings is 1. The molecular formula is C18H18F3N3O3. The van der Waals surface area contributed by atoms with Gasteiger partial charge in [0, 0.05) is 18.4 Å². The van der Waals surface area contributed by atoms with Gasteiger partial charge < -0.3 is 14.9 Å². The second kappa shape index (κ2) is 6.71. The van der Waals surface area contributed by atoms with Gasteiger partial charge in [0.1, 0.15) is 17.8 Å². The van der Waals surface area contributed by atoms with Crippen LogP contribution in [0.15, 0.2) is 33.9 Å². The number of hydrogen-bond donors (Lipinski definition) is 1. The fourth-order valence-electron chi connectivity index (χ4n) is 2.83. The highest BCUT2D eigenvalue weighted by Gasteiger charge is 2.56. The SMILES string of the molecule is CCc1nc(C(=O)Cc2ccc(F)c([C@@]3(C)N=C(N)OCC3(F)F)c2)co1. The van der Waals surface area contributed by atoms with Crippen LogP contribution in [0.1, 0.15) is 41.4 Å². The molecule has 0 saturated heterocycles. The molecule has 3 rings (SSSR count). The summed E-state index contributed by atoms with van der Waals surface area (Å²) >= 11 is 0. The molecule has 27 heavy (non-hydrogen) atoms. The molecule has 1 atom stereocenters. The fraction of sp³-hybridized carbons (Fsp3) is 0.389. The summed E-state index contributed by atoms with van der Waals surface area (Å²) < 4.78 is 53.0. The Balaban J connectivity index is 1.95. The molecule has 6 nitrogen and oxygen atoms in total. The van der Waals surface area contributed by atoms with E-state index in [2.05, 4.69) is 14.7 Å². The molecule has 0 saturated carbocycles. The second-order valence-electron chi connectivity index (χ2n) is 6.41. The number of carbonyl (C=O) groups excluding carboxylic acids is 1. The van der Waals surface area contributed by atoms with E-state index in [0.717, 1.165) is 13.0 Å². The van der Waals surface area contributed by atoms with Crippen LogP contribution in [0.5, 0.6) is 0 Å². The van der Waals surface area contributed by atoms with Crippen LogP contribution in [0.25, 0.3) is 0 Å². The predicted molar refractivity (Wildman–Crippen MR) is 90.2 cm³/mol. The highest BCUT2D eigenvalue weighted by atomic mass is 19.3. The van der Waals surface area contributed by atoms with E-state index >= 15 is 0 Å². The van der Waals surface area contributed by atoms with Crippen LogP contribution < -0.4 is 5.73 Å². The first kappa shape index (κ1) is 18.9. The Bertz CT molecular complexity index is 910. The summed E-state index contributed by atoms with van der Waals surface area (Å²) in [7, 11) is 0. The number of amidine groups is 1. The molecule has 9 heteroatoms. The summed E-state index contributed by atoms with van der Waals surface area (Å²) in [6.07, 6.45) is 1.62. The van der Waals surface area contributed by atoms with Gasteiger partial charge in [0.25, 0.3) is 6.02 Å². The summed E-state index contributed by atoms with van der Waals surface area (Å²) in [5.74, 6) is -4.32. The summed E-state index contributed by atoms with van der Waals surface area (Å²) in [4.78, 5) is 20.0. The van der Waals surface area contributed by atoms with E-state index in [9.17, 15) is 18.0 Å². The van der Waals surface area contributed by atoms with E-state index in [0.29, 0.717) is 17.9 Å². The Hall–Kier alpha value is -2.84. The van der Waals surface area contributed by atoms with Gasteiger partial charge in [-0.3, -0.25) is 4.79 Å². The van der Waals surface area contributed by atoms with Gasteiger partial charge in [0.05, 0.1) is 0 Å². The summed E-state index contributed by atoms with van der Waals surface area (Å²) in [5, 5.41) is 0. The quantitative estimate of drug-likeness (QED) is 0.804. The van der Waals surface area contributed by atoms with E-state index in [1.165, 1.54) is 18.4 Å². The number of halogens is 3. The molecule has 1 aromatic carbocycles. The number of aryl methyl sites for hydroxylation is 1. The van der Waals surface area contributed by atoms with Crippen molar-refractivity contribution >= 4 is 11.8 Å². The zero-order valence-corrected chi connectivity index (χ0v) is 14.8. The van der Waals surface area contributed by atoms with E-state index in [-0.39, 0.29) is 23.5 Å². The topological polar surface area (TPSA) is 90.7 Å². The molecule has 1 aliphatic rings. The van der Waals surface area contributed by atoms with Gasteiger partial charge in [-0.05, 0) is 24.6 Å². The van der Waals surface area contributed by atoms with Gasteiger partial charge in [0.2, 0.25) is 0 Å². The molecule has 0 spiro atoms. The van der Waals surface area contributed by atoms with Gasteiger partial charge >= 0.3 is 5.92 Å². The largest absolute Gasteiger partial charge is 0.459 e. The van der Waals surface area contributed by atoms with Gasteiger partial charge in [-0.1, -0.05) is 13.0 Å². The Morgan fingerprint density at radius 1 is 1.37 bits per heavy atom. The number of Topliss-reactive ketones (excluding diaryl/α,β-unsaturated/α-hetero) is 1. The maximum atomic E-state index is 14.4. The summed E-state index contributed by atoms with van der Waals surface area (Å²) in [5.41, 5.74) is 3.29. The lowest BCUT2D eigenvalue weighted by atomic mass is 9.84. The first-order chi connectivity index (χ1) is 12.7. The molecule has 0 fully saturated rings. The zero-order valence-electron chi connectivity index (χ0n) is 14.8. The van der Waals surface area contributed by atoms with Crippen LogP contribution in [-0.4, -0.2) is 29.3 Å². The maximum Gasteiger partial charge on any atom is 0.310 e. The molecule has 0 radical (unpaired) electrons. The lowest BCUT2D eigenvalue weighted by Crippen LogP contribution is -2.51. The summed E-state index contributed by atoms with van der Waals surface area (Å²) in [6, 6.07) is 3.13. The van der Waals surface area contributed by atoms with Gasteiger partial charge in [-0.15, -0.1) is 0 Å². The van der Waals surface area contributed by atoms with Crippen molar-refractivity contribution in [3.63, 3.8) is 0 Å². The lowest BCUT2D eigenvalue weighted by molar-refractivity contribution is -0.117. The Morgan fingerprint density at radius 3 is 2.78 bits per heavy atom. The number of nitrogens with zero attached hydrogens (tertiary/aromatic N) is 2.